The van der Waals surface area contributed by atoms with Crippen molar-refractivity contribution in [2.24, 2.45) is 17.8 Å². The molecule has 0 saturated carbocycles. The summed E-state index contributed by atoms with van der Waals surface area (Å²) in [5.74, 6) is 1.14. The number of carbonyl (C=O) groups excluding carboxylic acids is 3. The summed E-state index contributed by atoms with van der Waals surface area (Å²) in [6, 6.07) is 0. The van der Waals surface area contributed by atoms with Gasteiger partial charge in [-0.3, -0.25) is 19.7 Å². The molecule has 3 amide bonds. The molecule has 1 aliphatic rings. The van der Waals surface area contributed by atoms with E-state index in [0.717, 1.165) is 25.3 Å². The summed E-state index contributed by atoms with van der Waals surface area (Å²) in [6.07, 6.45) is 5.72. The molecule has 3 N–H and O–H groups in total. The number of amides is 3. The van der Waals surface area contributed by atoms with Crippen molar-refractivity contribution >= 4 is 18.2 Å². The Morgan fingerprint density at radius 2 is 1.65 bits per heavy atom. The Labute approximate surface area is 160 Å². The number of nitrogens with one attached hydrogen (secondary N) is 2. The predicted molar refractivity (Wildman–Crippen MR) is 108 cm³/mol. The fraction of sp³-hybridized carbons (Fsp3) is 0.850. The van der Waals surface area contributed by atoms with E-state index in [2.05, 4.69) is 45.3 Å². The van der Waals surface area contributed by atoms with Crippen LogP contribution in [0.4, 0.5) is 0 Å². The van der Waals surface area contributed by atoms with Gasteiger partial charge in [0.15, 0.2) is 0 Å². The third-order valence-electron chi connectivity index (χ3n) is 3.25. The zero-order chi connectivity index (χ0) is 21.0. The molecule has 0 aliphatic carbocycles. The molecule has 1 atom stereocenters. The molecule has 0 aromatic heterocycles. The average Bonchev–Trinajstić information content (AvgIpc) is 2.83. The summed E-state index contributed by atoms with van der Waals surface area (Å²) >= 11 is 0. The smallest absolute Gasteiger partial charge is 0.229 e. The first-order chi connectivity index (χ1) is 12.2. The van der Waals surface area contributed by atoms with E-state index >= 15 is 0 Å². The van der Waals surface area contributed by atoms with Crippen LogP contribution in [0.15, 0.2) is 0 Å². The lowest BCUT2D eigenvalue weighted by Crippen LogP contribution is -2.20. The van der Waals surface area contributed by atoms with Gasteiger partial charge in [0.05, 0.1) is 0 Å². The molecule has 0 radical (unpaired) electrons. The van der Waals surface area contributed by atoms with Gasteiger partial charge in [0.1, 0.15) is 0 Å². The summed E-state index contributed by atoms with van der Waals surface area (Å²) in [6.45, 7) is 15.8. The maximum Gasteiger partial charge on any atom is 0.229 e. The monoisotopic (exact) mass is 374 g/mol. The second kappa shape index (κ2) is 21.6. The van der Waals surface area contributed by atoms with Gasteiger partial charge in [-0.2, -0.15) is 0 Å². The Morgan fingerprint density at radius 1 is 1.12 bits per heavy atom. The van der Waals surface area contributed by atoms with Crippen LogP contribution in [-0.4, -0.2) is 36.5 Å². The maximum atomic E-state index is 10.5. The fourth-order valence-electron chi connectivity index (χ4n) is 1.72. The van der Waals surface area contributed by atoms with E-state index in [0.29, 0.717) is 25.4 Å². The summed E-state index contributed by atoms with van der Waals surface area (Å²) in [4.78, 5) is 30.2. The molecule has 0 aromatic carbocycles. The van der Waals surface area contributed by atoms with Crippen molar-refractivity contribution in [3.05, 3.63) is 0 Å². The lowest BCUT2D eigenvalue weighted by Gasteiger charge is -1.95. The molecule has 6 heteroatoms. The minimum absolute atomic E-state index is 0.109. The minimum Gasteiger partial charge on any atom is -0.396 e. The highest BCUT2D eigenvalue weighted by atomic mass is 16.3. The van der Waals surface area contributed by atoms with Gasteiger partial charge in [-0.1, -0.05) is 61.3 Å². The number of hydrogen-bond acceptors (Lipinski definition) is 4. The number of imide groups is 1. The normalized spacial score (nSPS) is 15.1. The number of hydrogen-bond donors (Lipinski definition) is 3. The number of carbonyl (C=O) groups is 3. The van der Waals surface area contributed by atoms with Crippen LogP contribution in [0.2, 0.25) is 0 Å². The van der Waals surface area contributed by atoms with Crippen LogP contribution in [0.3, 0.4) is 0 Å². The van der Waals surface area contributed by atoms with Crippen molar-refractivity contribution in [1.82, 2.24) is 10.6 Å². The van der Waals surface area contributed by atoms with Gasteiger partial charge in [0.2, 0.25) is 18.2 Å². The van der Waals surface area contributed by atoms with E-state index in [-0.39, 0.29) is 17.7 Å². The van der Waals surface area contributed by atoms with Crippen LogP contribution in [0, 0.1) is 17.8 Å². The van der Waals surface area contributed by atoms with E-state index in [1.165, 1.54) is 12.8 Å². The minimum atomic E-state index is -0.150. The molecular weight excluding hydrogens is 332 g/mol. The molecule has 1 fully saturated rings. The van der Waals surface area contributed by atoms with Gasteiger partial charge in [-0.15, -0.1) is 0 Å². The lowest BCUT2D eigenvalue weighted by molar-refractivity contribution is -0.125. The Balaban J connectivity index is -0.000000275. The first kappa shape index (κ1) is 29.3. The third kappa shape index (κ3) is 27.4. The first-order valence-electron chi connectivity index (χ1n) is 9.77. The molecule has 0 spiro atoms. The van der Waals surface area contributed by atoms with E-state index in [1.807, 2.05) is 6.92 Å². The zero-order valence-corrected chi connectivity index (χ0v) is 17.9. The molecule has 1 aliphatic heterocycles. The van der Waals surface area contributed by atoms with E-state index in [1.54, 1.807) is 6.92 Å². The van der Waals surface area contributed by atoms with E-state index < -0.39 is 0 Å². The quantitative estimate of drug-likeness (QED) is 0.362. The number of aliphatic hydroxyl groups is 1. The molecule has 1 heterocycles. The lowest BCUT2D eigenvalue weighted by atomic mass is 10.1. The van der Waals surface area contributed by atoms with Crippen molar-refractivity contribution in [2.45, 2.75) is 80.6 Å². The van der Waals surface area contributed by atoms with Gasteiger partial charge in [-0.05, 0) is 24.7 Å². The van der Waals surface area contributed by atoms with Gasteiger partial charge in [0.25, 0.3) is 0 Å². The molecule has 156 valence electrons. The van der Waals surface area contributed by atoms with Crippen molar-refractivity contribution < 1.29 is 19.5 Å². The first-order valence-corrected chi connectivity index (χ1v) is 9.77. The van der Waals surface area contributed by atoms with Crippen LogP contribution < -0.4 is 10.6 Å². The van der Waals surface area contributed by atoms with Crippen LogP contribution in [0.25, 0.3) is 0 Å². The second-order valence-corrected chi connectivity index (χ2v) is 7.18. The molecule has 26 heavy (non-hydrogen) atoms. The van der Waals surface area contributed by atoms with Gasteiger partial charge in [-0.25, -0.2) is 0 Å². The molecular formula is C20H42N2O4. The Bertz CT molecular complexity index is 335. The van der Waals surface area contributed by atoms with E-state index in [9.17, 15) is 14.4 Å². The molecule has 0 bridgehead atoms. The van der Waals surface area contributed by atoms with Crippen LogP contribution in [-0.2, 0) is 14.4 Å². The highest BCUT2D eigenvalue weighted by molar-refractivity contribution is 6.03. The topological polar surface area (TPSA) is 95.5 Å². The number of rotatable bonds is 7. The Hall–Kier alpha value is -1.43. The van der Waals surface area contributed by atoms with Crippen LogP contribution >= 0.6 is 0 Å². The third-order valence-corrected chi connectivity index (χ3v) is 3.25. The SMILES string of the molecule is CC(C)CCO.CC1CC(=O)NC1=O.CCCC(C)C.CCCNC=O. The number of aliphatic hydroxyl groups excluding tert-OH is 1. The van der Waals surface area contributed by atoms with Gasteiger partial charge < -0.3 is 10.4 Å². The summed E-state index contributed by atoms with van der Waals surface area (Å²) in [5, 5.41) is 12.9. The predicted octanol–water partition coefficient (Wildman–Crippen LogP) is 3.28. The summed E-state index contributed by atoms with van der Waals surface area (Å²) < 4.78 is 0. The van der Waals surface area contributed by atoms with Crippen molar-refractivity contribution in [3.63, 3.8) is 0 Å². The Morgan fingerprint density at radius 3 is 1.73 bits per heavy atom. The average molecular weight is 375 g/mol. The van der Waals surface area contributed by atoms with Crippen molar-refractivity contribution in [1.29, 1.82) is 0 Å². The molecule has 6 nitrogen and oxygen atoms in total. The maximum absolute atomic E-state index is 10.5. The van der Waals surface area contributed by atoms with E-state index in [4.69, 9.17) is 5.11 Å². The van der Waals surface area contributed by atoms with Crippen molar-refractivity contribution in [3.8, 4) is 0 Å². The van der Waals surface area contributed by atoms with Crippen molar-refractivity contribution in [2.75, 3.05) is 13.2 Å². The van der Waals surface area contributed by atoms with Crippen LogP contribution in [0.1, 0.15) is 80.6 Å². The fourth-order valence-corrected chi connectivity index (χ4v) is 1.72. The molecule has 1 unspecified atom stereocenters. The van der Waals surface area contributed by atoms with Crippen LogP contribution in [0.5, 0.6) is 0 Å². The highest BCUT2D eigenvalue weighted by Crippen LogP contribution is 2.07. The highest BCUT2D eigenvalue weighted by Gasteiger charge is 2.25. The summed E-state index contributed by atoms with van der Waals surface area (Å²) in [7, 11) is 0. The second-order valence-electron chi connectivity index (χ2n) is 7.18. The summed E-state index contributed by atoms with van der Waals surface area (Å²) in [5.41, 5.74) is 0. The molecule has 1 rings (SSSR count). The Kier molecular flexibility index (Phi) is 24.4. The van der Waals surface area contributed by atoms with Gasteiger partial charge in [0, 0.05) is 25.5 Å². The largest absolute Gasteiger partial charge is 0.396 e. The van der Waals surface area contributed by atoms with Gasteiger partial charge >= 0.3 is 0 Å². The zero-order valence-electron chi connectivity index (χ0n) is 17.9. The molecule has 0 aromatic rings. The molecule has 1 saturated heterocycles. The standard InChI is InChI=1S/C6H14.C5H7NO2.C5H12O.C4H9NO/c1-4-5-6(2)3;1-3-2-4(7)6-5(3)8;1-5(2)3-4-6;1-2-3-5-4-6/h6H,4-5H2,1-3H3;3H,2H2,1H3,(H,6,7,8);5-6H,3-4H2,1-2H3;4H,2-3H2,1H3,(H,5,6).